The van der Waals surface area contributed by atoms with Crippen LogP contribution < -0.4 is 4.74 Å². The first kappa shape index (κ1) is 15.3. The highest BCUT2D eigenvalue weighted by atomic mass is 35.5. The summed E-state index contributed by atoms with van der Waals surface area (Å²) in [4.78, 5) is 0. The van der Waals surface area contributed by atoms with E-state index in [4.69, 9.17) is 21.4 Å². The number of hydrogen-bond acceptors (Lipinski definition) is 3. The molecule has 2 aromatic carbocycles. The number of benzene rings is 2. The third-order valence-electron chi connectivity index (χ3n) is 5.70. The van der Waals surface area contributed by atoms with Crippen LogP contribution >= 0.6 is 11.6 Å². The average Bonchev–Trinajstić information content (AvgIpc) is 3.11. The van der Waals surface area contributed by atoms with Crippen LogP contribution in [0, 0.1) is 0 Å². The van der Waals surface area contributed by atoms with Crippen LogP contribution in [0.3, 0.4) is 0 Å². The number of nitrogens with zero attached hydrogens (tertiary/aromatic N) is 2. The molecule has 128 valence electrons. The molecular formula is C21H21ClN2O. The van der Waals surface area contributed by atoms with Crippen molar-refractivity contribution in [3.8, 4) is 5.75 Å². The number of rotatable bonds is 1. The summed E-state index contributed by atoms with van der Waals surface area (Å²) in [6, 6.07) is 16.7. The molecule has 2 heterocycles. The largest absolute Gasteiger partial charge is 0.466 e. The summed E-state index contributed by atoms with van der Waals surface area (Å²) < 4.78 is 6.57. The van der Waals surface area contributed by atoms with Gasteiger partial charge >= 0.3 is 0 Å². The molecular weight excluding hydrogens is 332 g/mol. The second-order valence-corrected chi connectivity index (χ2v) is 7.70. The lowest BCUT2D eigenvalue weighted by Crippen LogP contribution is -2.54. The number of hydrazone groups is 1. The molecule has 1 unspecified atom stereocenters. The quantitative estimate of drug-likeness (QED) is 0.672. The Labute approximate surface area is 153 Å². The van der Waals surface area contributed by atoms with Gasteiger partial charge in [0.2, 0.25) is 0 Å². The van der Waals surface area contributed by atoms with Crippen LogP contribution in [0.2, 0.25) is 5.02 Å². The van der Waals surface area contributed by atoms with Crippen LogP contribution in [0.1, 0.15) is 55.7 Å². The lowest BCUT2D eigenvalue weighted by Gasteiger charge is -2.49. The first-order chi connectivity index (χ1) is 12.3. The molecule has 0 amide bonds. The molecule has 1 saturated carbocycles. The minimum absolute atomic E-state index is 0.218. The summed E-state index contributed by atoms with van der Waals surface area (Å²) in [5, 5.41) is 8.08. The molecule has 1 spiro atoms. The molecule has 1 atom stereocenters. The minimum Gasteiger partial charge on any atom is -0.466 e. The number of halogens is 1. The maximum absolute atomic E-state index is 6.57. The first-order valence-corrected chi connectivity index (χ1v) is 9.54. The molecule has 2 aromatic rings. The molecule has 25 heavy (non-hydrogen) atoms. The van der Waals surface area contributed by atoms with E-state index in [9.17, 15) is 0 Å². The van der Waals surface area contributed by atoms with Gasteiger partial charge in [0.1, 0.15) is 5.75 Å². The van der Waals surface area contributed by atoms with E-state index in [-0.39, 0.29) is 11.8 Å². The number of hydrogen-bond donors (Lipinski definition) is 0. The lowest BCUT2D eigenvalue weighted by molar-refractivity contribution is -0.140. The molecule has 0 radical (unpaired) electrons. The highest BCUT2D eigenvalue weighted by Crippen LogP contribution is 2.51. The molecule has 5 rings (SSSR count). The van der Waals surface area contributed by atoms with Crippen molar-refractivity contribution in [1.29, 1.82) is 0 Å². The van der Waals surface area contributed by atoms with E-state index in [1.165, 1.54) is 30.4 Å². The summed E-state index contributed by atoms with van der Waals surface area (Å²) in [6.07, 6.45) is 6.66. The standard InChI is InChI=1S/C21H21ClN2O/c22-16-9-10-20-17(13-16)19-14-18(15-7-3-1-4-8-15)23-24(19)21(25-20)11-5-2-6-12-21/h1,3-4,7-10,13,19H,2,5-6,11-12,14H2. The minimum atomic E-state index is -0.291. The Morgan fingerprint density at radius 2 is 1.84 bits per heavy atom. The third kappa shape index (κ3) is 2.44. The van der Waals surface area contributed by atoms with Crippen molar-refractivity contribution < 1.29 is 4.74 Å². The van der Waals surface area contributed by atoms with Gasteiger partial charge < -0.3 is 4.74 Å². The molecule has 1 aliphatic carbocycles. The molecule has 1 fully saturated rings. The second-order valence-electron chi connectivity index (χ2n) is 7.27. The normalized spacial score (nSPS) is 23.6. The second kappa shape index (κ2) is 5.77. The number of fused-ring (bicyclic) bond motifs is 4. The highest BCUT2D eigenvalue weighted by molar-refractivity contribution is 6.30. The maximum atomic E-state index is 6.57. The zero-order chi connectivity index (χ0) is 16.9. The fraction of sp³-hybridized carbons (Fsp3) is 0.381. The zero-order valence-corrected chi connectivity index (χ0v) is 14.9. The monoisotopic (exact) mass is 352 g/mol. The van der Waals surface area contributed by atoms with Crippen molar-refractivity contribution >= 4 is 17.3 Å². The SMILES string of the molecule is Clc1ccc2c(c1)C1CC(c3ccccc3)=NN1C1(CCCCC1)O2. The van der Waals surface area contributed by atoms with Gasteiger partial charge in [0.05, 0.1) is 11.8 Å². The Balaban J connectivity index is 1.61. The van der Waals surface area contributed by atoms with Crippen LogP contribution in [0.4, 0.5) is 0 Å². The van der Waals surface area contributed by atoms with Crippen molar-refractivity contribution in [2.75, 3.05) is 0 Å². The molecule has 2 aliphatic heterocycles. The highest BCUT2D eigenvalue weighted by Gasteiger charge is 2.50. The van der Waals surface area contributed by atoms with E-state index in [2.05, 4.69) is 29.3 Å². The van der Waals surface area contributed by atoms with Crippen LogP contribution in [-0.2, 0) is 0 Å². The Bertz CT molecular complexity index is 827. The van der Waals surface area contributed by atoms with Gasteiger partial charge in [0.25, 0.3) is 0 Å². The van der Waals surface area contributed by atoms with E-state index in [0.717, 1.165) is 35.7 Å². The van der Waals surface area contributed by atoms with Gasteiger partial charge in [-0.15, -0.1) is 0 Å². The molecule has 0 saturated heterocycles. The molecule has 0 aromatic heterocycles. The summed E-state index contributed by atoms with van der Waals surface area (Å²) in [6.45, 7) is 0. The van der Waals surface area contributed by atoms with E-state index in [1.54, 1.807) is 0 Å². The third-order valence-corrected chi connectivity index (χ3v) is 5.94. The molecule has 3 nitrogen and oxygen atoms in total. The average molecular weight is 353 g/mol. The lowest BCUT2D eigenvalue weighted by atomic mass is 9.86. The predicted molar refractivity (Wildman–Crippen MR) is 100 cm³/mol. The smallest absolute Gasteiger partial charge is 0.198 e. The van der Waals surface area contributed by atoms with E-state index in [0.29, 0.717) is 0 Å². The first-order valence-electron chi connectivity index (χ1n) is 9.16. The van der Waals surface area contributed by atoms with Crippen molar-refractivity contribution in [3.63, 3.8) is 0 Å². The molecule has 3 aliphatic rings. The van der Waals surface area contributed by atoms with Crippen molar-refractivity contribution in [2.45, 2.75) is 50.3 Å². The van der Waals surface area contributed by atoms with Gasteiger partial charge in [-0.1, -0.05) is 48.4 Å². The maximum Gasteiger partial charge on any atom is 0.198 e. The van der Waals surface area contributed by atoms with Crippen LogP contribution in [0.15, 0.2) is 53.6 Å². The van der Waals surface area contributed by atoms with E-state index < -0.39 is 0 Å². The Hall–Kier alpha value is -2.00. The summed E-state index contributed by atoms with van der Waals surface area (Å²) in [5.74, 6) is 0.983. The van der Waals surface area contributed by atoms with Gasteiger partial charge in [0.15, 0.2) is 5.72 Å². The van der Waals surface area contributed by atoms with Crippen LogP contribution in [-0.4, -0.2) is 16.4 Å². The summed E-state index contributed by atoms with van der Waals surface area (Å²) >= 11 is 6.29. The Kier molecular flexibility index (Phi) is 3.53. The van der Waals surface area contributed by atoms with Crippen molar-refractivity contribution in [1.82, 2.24) is 5.01 Å². The predicted octanol–water partition coefficient (Wildman–Crippen LogP) is 5.54. The van der Waals surface area contributed by atoms with Gasteiger partial charge in [-0.3, -0.25) is 0 Å². The summed E-state index contributed by atoms with van der Waals surface area (Å²) in [5.41, 5.74) is 3.22. The zero-order valence-electron chi connectivity index (χ0n) is 14.1. The summed E-state index contributed by atoms with van der Waals surface area (Å²) in [7, 11) is 0. The van der Waals surface area contributed by atoms with E-state index >= 15 is 0 Å². The van der Waals surface area contributed by atoms with Crippen LogP contribution in [0.5, 0.6) is 5.75 Å². The fourth-order valence-electron chi connectivity index (χ4n) is 4.49. The van der Waals surface area contributed by atoms with Gasteiger partial charge in [0, 0.05) is 29.8 Å². The molecule has 0 N–H and O–H groups in total. The van der Waals surface area contributed by atoms with Crippen molar-refractivity contribution in [3.05, 3.63) is 64.7 Å². The van der Waals surface area contributed by atoms with Gasteiger partial charge in [-0.05, 0) is 36.6 Å². The van der Waals surface area contributed by atoms with Crippen molar-refractivity contribution in [2.24, 2.45) is 5.10 Å². The Morgan fingerprint density at radius 3 is 2.64 bits per heavy atom. The fourth-order valence-corrected chi connectivity index (χ4v) is 4.67. The van der Waals surface area contributed by atoms with Crippen LogP contribution in [0.25, 0.3) is 0 Å². The van der Waals surface area contributed by atoms with Gasteiger partial charge in [-0.25, -0.2) is 5.01 Å². The topological polar surface area (TPSA) is 24.8 Å². The Morgan fingerprint density at radius 1 is 1.04 bits per heavy atom. The molecule has 0 bridgehead atoms. The van der Waals surface area contributed by atoms with E-state index in [1.807, 2.05) is 24.3 Å². The number of ether oxygens (including phenoxy) is 1. The molecule has 4 heteroatoms. The van der Waals surface area contributed by atoms with Gasteiger partial charge in [-0.2, -0.15) is 5.10 Å².